The van der Waals surface area contributed by atoms with Crippen molar-refractivity contribution in [1.82, 2.24) is 10.2 Å². The summed E-state index contributed by atoms with van der Waals surface area (Å²) in [4.78, 5) is 11.1. The standard InChI is InChI=1S/C12H12ClN3O4S/c1-6-11(7(2)15-14-6)21(19,20)16-10-5-8(13)3-4-9(10)12(17)18/h3-5,16H,1-2H3,(H,14,15)(H,17,18). The molecule has 21 heavy (non-hydrogen) atoms. The second kappa shape index (κ2) is 5.38. The van der Waals surface area contributed by atoms with E-state index in [2.05, 4.69) is 14.9 Å². The van der Waals surface area contributed by atoms with Crippen molar-refractivity contribution < 1.29 is 18.3 Å². The average molecular weight is 330 g/mol. The highest BCUT2D eigenvalue weighted by atomic mass is 35.5. The molecule has 0 saturated carbocycles. The zero-order valence-corrected chi connectivity index (χ0v) is 12.7. The summed E-state index contributed by atoms with van der Waals surface area (Å²) in [5.41, 5.74) is 0.356. The summed E-state index contributed by atoms with van der Waals surface area (Å²) in [6.07, 6.45) is 0. The highest BCUT2D eigenvalue weighted by Crippen LogP contribution is 2.26. The molecule has 1 aromatic heterocycles. The number of aromatic carboxylic acids is 1. The van der Waals surface area contributed by atoms with Crippen molar-refractivity contribution in [2.24, 2.45) is 0 Å². The lowest BCUT2D eigenvalue weighted by atomic mass is 10.2. The predicted octanol–water partition coefficient (Wildman–Crippen LogP) is 2.18. The van der Waals surface area contributed by atoms with Crippen LogP contribution in [0.2, 0.25) is 5.02 Å². The van der Waals surface area contributed by atoms with Gasteiger partial charge in [-0.2, -0.15) is 5.10 Å². The smallest absolute Gasteiger partial charge is 0.337 e. The average Bonchev–Trinajstić information content (AvgIpc) is 2.68. The van der Waals surface area contributed by atoms with Crippen molar-refractivity contribution in [2.75, 3.05) is 4.72 Å². The second-order valence-corrected chi connectivity index (χ2v) is 6.42. The minimum absolute atomic E-state index is 0.0150. The summed E-state index contributed by atoms with van der Waals surface area (Å²) >= 11 is 5.79. The van der Waals surface area contributed by atoms with E-state index in [0.29, 0.717) is 11.4 Å². The van der Waals surface area contributed by atoms with Crippen LogP contribution in [0.25, 0.3) is 0 Å². The Morgan fingerprint density at radius 2 is 2.05 bits per heavy atom. The number of carbonyl (C=O) groups is 1. The third-order valence-corrected chi connectivity index (χ3v) is 4.65. The summed E-state index contributed by atoms with van der Waals surface area (Å²) in [6.45, 7) is 3.10. The monoisotopic (exact) mass is 329 g/mol. The summed E-state index contributed by atoms with van der Waals surface area (Å²) < 4.78 is 27.0. The van der Waals surface area contributed by atoms with E-state index >= 15 is 0 Å². The Morgan fingerprint density at radius 3 is 2.57 bits per heavy atom. The second-order valence-electron chi connectivity index (χ2n) is 4.36. The van der Waals surface area contributed by atoms with E-state index in [9.17, 15) is 13.2 Å². The molecule has 3 N–H and O–H groups in total. The van der Waals surface area contributed by atoms with Crippen molar-refractivity contribution in [1.29, 1.82) is 0 Å². The number of benzene rings is 1. The van der Waals surface area contributed by atoms with Gasteiger partial charge >= 0.3 is 5.97 Å². The normalized spacial score (nSPS) is 11.4. The number of carboxylic acid groups (broad SMARTS) is 1. The van der Waals surface area contributed by atoms with E-state index in [0.717, 1.165) is 0 Å². The summed E-state index contributed by atoms with van der Waals surface area (Å²) in [6, 6.07) is 3.85. The fourth-order valence-electron chi connectivity index (χ4n) is 1.92. The van der Waals surface area contributed by atoms with Gasteiger partial charge in [0.1, 0.15) is 4.90 Å². The number of H-pyrrole nitrogens is 1. The third kappa shape index (κ3) is 3.01. The molecule has 0 fully saturated rings. The fourth-order valence-corrected chi connectivity index (χ4v) is 3.54. The van der Waals surface area contributed by atoms with Crippen LogP contribution in [0.5, 0.6) is 0 Å². The molecule has 7 nitrogen and oxygen atoms in total. The van der Waals surface area contributed by atoms with Gasteiger partial charge in [0.15, 0.2) is 0 Å². The fraction of sp³-hybridized carbons (Fsp3) is 0.167. The zero-order valence-electron chi connectivity index (χ0n) is 11.1. The van der Waals surface area contributed by atoms with Gasteiger partial charge in [0.25, 0.3) is 10.0 Å². The first-order chi connectivity index (χ1) is 9.72. The van der Waals surface area contributed by atoms with Crippen molar-refractivity contribution in [3.8, 4) is 0 Å². The lowest BCUT2D eigenvalue weighted by Gasteiger charge is -2.11. The zero-order chi connectivity index (χ0) is 15.8. The Hall–Kier alpha value is -2.06. The van der Waals surface area contributed by atoms with Gasteiger partial charge in [-0.15, -0.1) is 0 Å². The number of nitrogens with one attached hydrogen (secondary N) is 2. The van der Waals surface area contributed by atoms with Crippen molar-refractivity contribution in [3.05, 3.63) is 40.2 Å². The first-order valence-electron chi connectivity index (χ1n) is 5.79. The predicted molar refractivity (Wildman–Crippen MR) is 77.3 cm³/mol. The maximum absolute atomic E-state index is 12.4. The molecule has 0 radical (unpaired) electrons. The number of hydrogen-bond acceptors (Lipinski definition) is 4. The van der Waals surface area contributed by atoms with E-state index < -0.39 is 16.0 Å². The van der Waals surface area contributed by atoms with Crippen LogP contribution in [0, 0.1) is 13.8 Å². The maximum Gasteiger partial charge on any atom is 0.337 e. The topological polar surface area (TPSA) is 112 Å². The van der Waals surface area contributed by atoms with Gasteiger partial charge < -0.3 is 5.11 Å². The Morgan fingerprint density at radius 1 is 1.38 bits per heavy atom. The molecule has 0 aliphatic rings. The van der Waals surface area contributed by atoms with Gasteiger partial charge in [0.2, 0.25) is 0 Å². The van der Waals surface area contributed by atoms with Gasteiger partial charge in [-0.3, -0.25) is 9.82 Å². The molecule has 0 unspecified atom stereocenters. The first-order valence-corrected chi connectivity index (χ1v) is 7.65. The lowest BCUT2D eigenvalue weighted by Crippen LogP contribution is -2.17. The molecule has 2 rings (SSSR count). The van der Waals surface area contributed by atoms with Crippen molar-refractivity contribution in [3.63, 3.8) is 0 Å². The molecule has 0 spiro atoms. The maximum atomic E-state index is 12.4. The molecule has 112 valence electrons. The number of rotatable bonds is 4. The largest absolute Gasteiger partial charge is 0.478 e. The van der Waals surface area contributed by atoms with E-state index in [4.69, 9.17) is 16.7 Å². The number of halogens is 1. The Kier molecular flexibility index (Phi) is 3.93. The number of aryl methyl sites for hydroxylation is 2. The summed E-state index contributed by atoms with van der Waals surface area (Å²) in [5.74, 6) is -1.26. The molecule has 9 heteroatoms. The number of carboxylic acids is 1. The van der Waals surface area contributed by atoms with Crippen molar-refractivity contribution in [2.45, 2.75) is 18.7 Å². The van der Waals surface area contributed by atoms with Crippen LogP contribution in [0.1, 0.15) is 21.7 Å². The van der Waals surface area contributed by atoms with E-state index in [1.807, 2.05) is 0 Å². The van der Waals surface area contributed by atoms with E-state index in [1.165, 1.54) is 25.1 Å². The number of anilines is 1. The molecular formula is C12H12ClN3O4S. The minimum Gasteiger partial charge on any atom is -0.478 e. The molecule has 0 aliphatic heterocycles. The summed E-state index contributed by atoms with van der Waals surface area (Å²) in [7, 11) is -3.97. The molecule has 2 aromatic rings. The molecule has 0 atom stereocenters. The van der Waals surface area contributed by atoms with Gasteiger partial charge in [0, 0.05) is 5.02 Å². The highest BCUT2D eigenvalue weighted by Gasteiger charge is 2.24. The number of aromatic amines is 1. The molecule has 0 saturated heterocycles. The molecule has 1 heterocycles. The van der Waals surface area contributed by atoms with Gasteiger partial charge in [-0.25, -0.2) is 13.2 Å². The van der Waals surface area contributed by atoms with Crippen molar-refractivity contribution >= 4 is 33.3 Å². The number of sulfonamides is 1. The molecule has 0 amide bonds. The van der Waals surface area contributed by atoms with Crippen LogP contribution < -0.4 is 4.72 Å². The number of hydrogen-bond donors (Lipinski definition) is 3. The van der Waals surface area contributed by atoms with Crippen LogP contribution in [0.3, 0.4) is 0 Å². The highest BCUT2D eigenvalue weighted by molar-refractivity contribution is 7.92. The molecule has 0 aliphatic carbocycles. The van der Waals surface area contributed by atoms with Crippen LogP contribution in [0.4, 0.5) is 5.69 Å². The van der Waals surface area contributed by atoms with Gasteiger partial charge in [-0.1, -0.05) is 11.6 Å². The SMILES string of the molecule is Cc1n[nH]c(C)c1S(=O)(=O)Nc1cc(Cl)ccc1C(=O)O. The third-order valence-electron chi connectivity index (χ3n) is 2.79. The van der Waals surface area contributed by atoms with Crippen LogP contribution in [-0.2, 0) is 10.0 Å². The number of nitrogens with zero attached hydrogens (tertiary/aromatic N) is 1. The first kappa shape index (κ1) is 15.3. The molecule has 1 aromatic carbocycles. The van der Waals surface area contributed by atoms with Crippen LogP contribution in [-0.4, -0.2) is 29.7 Å². The number of aromatic nitrogens is 2. The van der Waals surface area contributed by atoms with E-state index in [1.54, 1.807) is 6.92 Å². The van der Waals surface area contributed by atoms with Crippen LogP contribution >= 0.6 is 11.6 Å². The quantitative estimate of drug-likeness (QED) is 0.795. The molecular weight excluding hydrogens is 318 g/mol. The van der Waals surface area contributed by atoms with E-state index in [-0.39, 0.29) is 21.2 Å². The Labute approximate surface area is 126 Å². The summed E-state index contributed by atoms with van der Waals surface area (Å²) in [5, 5.41) is 15.7. The lowest BCUT2D eigenvalue weighted by molar-refractivity contribution is 0.0698. The van der Waals surface area contributed by atoms with Gasteiger partial charge in [-0.05, 0) is 32.0 Å². The molecule has 0 bridgehead atoms. The Bertz CT molecular complexity index is 794. The van der Waals surface area contributed by atoms with Crippen LogP contribution in [0.15, 0.2) is 23.1 Å². The Balaban J connectivity index is 2.51. The minimum atomic E-state index is -3.97. The van der Waals surface area contributed by atoms with Gasteiger partial charge in [0.05, 0.1) is 22.6 Å².